The van der Waals surface area contributed by atoms with Gasteiger partial charge in [-0.2, -0.15) is 0 Å². The van der Waals surface area contributed by atoms with Crippen molar-refractivity contribution < 1.29 is 33.4 Å². The van der Waals surface area contributed by atoms with Gasteiger partial charge in [-0.1, -0.05) is 17.7 Å². The molecule has 2 unspecified atom stereocenters. The second-order valence-electron chi connectivity index (χ2n) is 14.4. The Bertz CT molecular complexity index is 2200. The van der Waals surface area contributed by atoms with E-state index in [-0.39, 0.29) is 41.1 Å². The first-order chi connectivity index (χ1) is 27.7. The summed E-state index contributed by atoms with van der Waals surface area (Å²) in [7, 11) is 1.30. The Morgan fingerprint density at radius 3 is 2.40 bits per heavy atom. The number of amides is 3. The number of nitrogens with one attached hydrogen (secondary N) is 1. The molecule has 4 aliphatic heterocycles. The third kappa shape index (κ3) is 8.10. The van der Waals surface area contributed by atoms with Gasteiger partial charge in [0.05, 0.1) is 18.7 Å². The van der Waals surface area contributed by atoms with Gasteiger partial charge in [0.2, 0.25) is 0 Å². The predicted molar refractivity (Wildman–Crippen MR) is 213 cm³/mol. The van der Waals surface area contributed by atoms with Crippen LogP contribution in [0.4, 0.5) is 14.9 Å². The first kappa shape index (κ1) is 38.5. The van der Waals surface area contributed by atoms with Gasteiger partial charge in [-0.15, -0.1) is 11.3 Å². The number of hydrogen-bond acceptors (Lipinski definition) is 11. The van der Waals surface area contributed by atoms with Gasteiger partial charge in [-0.25, -0.2) is 19.0 Å². The fourth-order valence-corrected chi connectivity index (χ4v) is 8.68. The second kappa shape index (κ2) is 16.6. The highest BCUT2D eigenvalue weighted by Crippen LogP contribution is 2.37. The number of amidine groups is 1. The minimum atomic E-state index is -0.868. The van der Waals surface area contributed by atoms with Gasteiger partial charge >= 0.3 is 12.0 Å². The summed E-state index contributed by atoms with van der Waals surface area (Å²) in [4.78, 5) is 57.0. The molecular weight excluding hydrogens is 773 g/mol. The summed E-state index contributed by atoms with van der Waals surface area (Å²) >= 11 is 7.91. The average molecular weight is 814 g/mol. The van der Waals surface area contributed by atoms with Crippen LogP contribution >= 0.6 is 22.9 Å². The van der Waals surface area contributed by atoms with E-state index in [1.54, 1.807) is 35.4 Å². The zero-order chi connectivity index (χ0) is 39.6. The van der Waals surface area contributed by atoms with Gasteiger partial charge in [0.25, 0.3) is 5.91 Å². The summed E-state index contributed by atoms with van der Waals surface area (Å²) in [6.07, 6.45) is 3.28. The van der Waals surface area contributed by atoms with Crippen LogP contribution in [0.25, 0.3) is 0 Å². The smallest absolute Gasteiger partial charge is 0.338 e. The number of benzene rings is 3. The molecule has 2 atom stereocenters. The molecule has 16 heteroatoms. The van der Waals surface area contributed by atoms with Crippen molar-refractivity contribution in [2.24, 2.45) is 10.9 Å². The lowest BCUT2D eigenvalue weighted by atomic mass is 9.95. The summed E-state index contributed by atoms with van der Waals surface area (Å²) < 4.78 is 25.4. The number of nitrogens with zero attached hydrogens (tertiary/aromatic N) is 6. The van der Waals surface area contributed by atoms with E-state index in [4.69, 9.17) is 26.1 Å². The lowest BCUT2D eigenvalue weighted by Gasteiger charge is -2.38. The molecule has 0 bridgehead atoms. The molecule has 0 saturated carbocycles. The van der Waals surface area contributed by atoms with E-state index in [0.717, 1.165) is 18.5 Å². The summed E-state index contributed by atoms with van der Waals surface area (Å²) in [5.41, 5.74) is 2.62. The molecule has 296 valence electrons. The molecule has 3 amide bonds. The van der Waals surface area contributed by atoms with Gasteiger partial charge < -0.3 is 29.7 Å². The minimum Gasteiger partial charge on any atom is -0.466 e. The number of carbonyl (C=O) groups is 3. The third-order valence-corrected chi connectivity index (χ3v) is 12.0. The zero-order valence-electron chi connectivity index (χ0n) is 31.1. The number of anilines is 1. The van der Waals surface area contributed by atoms with Gasteiger partial charge in [-0.3, -0.25) is 19.6 Å². The van der Waals surface area contributed by atoms with Crippen LogP contribution < -0.4 is 15.0 Å². The fraction of sp³-hybridized carbons (Fsp3) is 0.341. The van der Waals surface area contributed by atoms with E-state index in [2.05, 4.69) is 15.2 Å². The van der Waals surface area contributed by atoms with Gasteiger partial charge in [0, 0.05) is 91.5 Å². The van der Waals surface area contributed by atoms with Crippen molar-refractivity contribution in [3.8, 4) is 11.5 Å². The molecule has 13 nitrogen and oxygen atoms in total. The number of piperazine rings is 1. The number of aliphatic hydroxyl groups excluding tert-OH is 1. The molecule has 0 aliphatic carbocycles. The number of urea groups is 1. The van der Waals surface area contributed by atoms with Crippen LogP contribution in [0.3, 0.4) is 0 Å². The average Bonchev–Trinajstić information content (AvgIpc) is 3.89. The van der Waals surface area contributed by atoms with E-state index >= 15 is 0 Å². The van der Waals surface area contributed by atoms with E-state index in [0.29, 0.717) is 85.0 Å². The molecule has 2 N–H and O–H groups in total. The van der Waals surface area contributed by atoms with Crippen molar-refractivity contribution in [2.75, 3.05) is 64.4 Å². The molecule has 0 radical (unpaired) electrons. The Morgan fingerprint density at radius 1 is 1.00 bits per heavy atom. The summed E-state index contributed by atoms with van der Waals surface area (Å²) in [5.74, 6) is 0.784. The highest BCUT2D eigenvalue weighted by Gasteiger charge is 2.42. The van der Waals surface area contributed by atoms with Crippen LogP contribution in [0, 0.1) is 11.7 Å². The van der Waals surface area contributed by atoms with E-state index in [9.17, 15) is 23.9 Å². The maximum absolute atomic E-state index is 14.1. The number of ether oxygens (including phenoxy) is 2. The standard InChI is InChI=1S/C41H41ClFN7O6S/c1-55-40(53)35-34(45-37(38-44-14-19-57-38)46-36(35)32-11-4-27(43)20-33(32)42)23-47-17-18-49-29(21-47)22-50(41(49)54)28-5-9-31(10-6-28)56-30-7-2-26(3-8-30)39(52)48-15-12-25(24-51)13-16-48/h2-11,14,19-20,25,29,36,51H,12-13,15-18,21-24H2,1H3,(H,45,46). The quantitative estimate of drug-likeness (QED) is 0.193. The largest absolute Gasteiger partial charge is 0.466 e. The number of hydrogen-bond donors (Lipinski definition) is 2. The number of aliphatic hydroxyl groups is 1. The number of methoxy groups -OCH3 is 1. The van der Waals surface area contributed by atoms with Gasteiger partial charge in [0.1, 0.15) is 23.4 Å². The fourth-order valence-electron chi connectivity index (χ4n) is 7.82. The zero-order valence-corrected chi connectivity index (χ0v) is 32.7. The number of halogens is 2. The molecule has 4 aromatic rings. The Hall–Kier alpha value is -5.35. The molecule has 57 heavy (non-hydrogen) atoms. The normalized spacial score (nSPS) is 20.3. The Labute approximate surface area is 338 Å². The third-order valence-electron chi connectivity index (χ3n) is 10.9. The van der Waals surface area contributed by atoms with E-state index in [1.807, 2.05) is 39.4 Å². The molecule has 3 saturated heterocycles. The van der Waals surface area contributed by atoms with Crippen LogP contribution in [-0.2, 0) is 9.53 Å². The van der Waals surface area contributed by atoms with Crippen LogP contribution in [0.2, 0.25) is 5.02 Å². The molecule has 8 rings (SSSR count). The van der Waals surface area contributed by atoms with Crippen molar-refractivity contribution >= 4 is 52.4 Å². The number of aliphatic imine (C=N–C) groups is 1. The Kier molecular flexibility index (Phi) is 11.2. The first-order valence-corrected chi connectivity index (χ1v) is 20.0. The lowest BCUT2D eigenvalue weighted by molar-refractivity contribution is -0.136. The molecule has 5 heterocycles. The van der Waals surface area contributed by atoms with Crippen molar-refractivity contribution in [2.45, 2.75) is 24.9 Å². The molecule has 0 spiro atoms. The summed E-state index contributed by atoms with van der Waals surface area (Å²) in [6, 6.07) is 17.4. The molecule has 4 aliphatic rings. The monoisotopic (exact) mass is 813 g/mol. The number of carbonyl (C=O) groups excluding carboxylic acids is 3. The number of esters is 1. The molecular formula is C41H41ClFN7O6S. The van der Waals surface area contributed by atoms with E-state index in [1.165, 1.54) is 36.6 Å². The maximum atomic E-state index is 14.1. The van der Waals surface area contributed by atoms with Crippen LogP contribution in [0.15, 0.2) is 94.6 Å². The van der Waals surface area contributed by atoms with Crippen molar-refractivity contribution in [1.29, 1.82) is 0 Å². The SMILES string of the molecule is COC(=O)C1=C(CN2CCN3C(=O)N(c4ccc(Oc5ccc(C(=O)N6CCC(CO)CC6)cc5)cc4)CC3C2)NC(c2nccs2)=NC1c1ccc(F)cc1Cl. The number of likely N-dealkylation sites (tertiary alicyclic amines) is 1. The second-order valence-corrected chi connectivity index (χ2v) is 15.7. The summed E-state index contributed by atoms with van der Waals surface area (Å²) in [5, 5.41) is 15.3. The van der Waals surface area contributed by atoms with Crippen LogP contribution in [-0.4, -0.2) is 114 Å². The first-order valence-electron chi connectivity index (χ1n) is 18.8. The van der Waals surface area contributed by atoms with Gasteiger partial charge in [0.15, 0.2) is 10.8 Å². The number of fused-ring (bicyclic) bond motifs is 1. The highest BCUT2D eigenvalue weighted by atomic mass is 35.5. The predicted octanol–water partition coefficient (Wildman–Crippen LogP) is 5.72. The van der Waals surface area contributed by atoms with Crippen molar-refractivity contribution in [3.05, 3.63) is 117 Å². The van der Waals surface area contributed by atoms with Crippen LogP contribution in [0.1, 0.15) is 39.8 Å². The summed E-state index contributed by atoms with van der Waals surface area (Å²) in [6.45, 7) is 3.83. The maximum Gasteiger partial charge on any atom is 0.338 e. The highest BCUT2D eigenvalue weighted by molar-refractivity contribution is 7.11. The molecule has 3 aromatic carbocycles. The minimum absolute atomic E-state index is 0.0261. The lowest BCUT2D eigenvalue weighted by Crippen LogP contribution is -2.53. The number of rotatable bonds is 10. The number of thiazole rings is 1. The van der Waals surface area contributed by atoms with Crippen molar-refractivity contribution in [1.82, 2.24) is 25.0 Å². The van der Waals surface area contributed by atoms with E-state index < -0.39 is 17.8 Å². The Morgan fingerprint density at radius 2 is 1.74 bits per heavy atom. The van der Waals surface area contributed by atoms with Crippen LogP contribution in [0.5, 0.6) is 11.5 Å². The molecule has 3 fully saturated rings. The van der Waals surface area contributed by atoms with Gasteiger partial charge in [-0.05, 0) is 79.4 Å². The number of piperidine rings is 1. The Balaban J connectivity index is 0.933. The molecule has 1 aromatic heterocycles. The number of aromatic nitrogens is 1. The topological polar surface area (TPSA) is 140 Å². The van der Waals surface area contributed by atoms with Crippen molar-refractivity contribution in [3.63, 3.8) is 0 Å².